The molecule has 14 heavy (non-hydrogen) atoms. The fourth-order valence-electron chi connectivity index (χ4n) is 1.12. The Hall–Kier alpha value is -0.870. The third-order valence-electron chi connectivity index (χ3n) is 2.18. The summed E-state index contributed by atoms with van der Waals surface area (Å²) in [5.41, 5.74) is 6.49. The zero-order valence-corrected chi connectivity index (χ0v) is 9.64. The Morgan fingerprint density at radius 1 is 1.71 bits per heavy atom. The van der Waals surface area contributed by atoms with Crippen LogP contribution in [0, 0.1) is 0 Å². The summed E-state index contributed by atoms with van der Waals surface area (Å²) in [6, 6.07) is 1.92. The maximum absolute atomic E-state index is 5.99. The van der Waals surface area contributed by atoms with E-state index in [-0.39, 0.29) is 6.04 Å². The molecular weight excluding hydrogens is 218 g/mol. The number of thiocarbonyl (C=S) groups is 1. The van der Waals surface area contributed by atoms with Gasteiger partial charge in [-0.15, -0.1) is 0 Å². The first-order valence-electron chi connectivity index (χ1n) is 4.15. The normalized spacial score (nSPS) is 12.2. The van der Waals surface area contributed by atoms with Crippen molar-refractivity contribution in [1.82, 2.24) is 9.88 Å². The molecule has 0 aliphatic heterocycles. The van der Waals surface area contributed by atoms with Gasteiger partial charge in [-0.3, -0.25) is 4.98 Å². The van der Waals surface area contributed by atoms with E-state index in [2.05, 4.69) is 4.98 Å². The Morgan fingerprint density at radius 3 is 2.86 bits per heavy atom. The quantitative estimate of drug-likeness (QED) is 0.788. The minimum atomic E-state index is 0.0583. The number of halogens is 1. The summed E-state index contributed by atoms with van der Waals surface area (Å²) < 4.78 is 0. The minimum absolute atomic E-state index is 0.0583. The highest BCUT2D eigenvalue weighted by molar-refractivity contribution is 7.80. The summed E-state index contributed by atoms with van der Waals surface area (Å²) >= 11 is 10.9. The predicted molar refractivity (Wildman–Crippen MR) is 62.2 cm³/mol. The maximum atomic E-state index is 5.99. The number of pyridine rings is 1. The van der Waals surface area contributed by atoms with Crippen LogP contribution in [0.5, 0.6) is 0 Å². The van der Waals surface area contributed by atoms with Gasteiger partial charge in [0, 0.05) is 19.4 Å². The van der Waals surface area contributed by atoms with Gasteiger partial charge in [-0.25, -0.2) is 0 Å². The van der Waals surface area contributed by atoms with Crippen molar-refractivity contribution in [3.63, 3.8) is 0 Å². The summed E-state index contributed by atoms with van der Waals surface area (Å²) in [6.45, 7) is 1.99. The third kappa shape index (κ3) is 2.33. The van der Waals surface area contributed by atoms with Gasteiger partial charge in [0.05, 0.1) is 11.1 Å². The minimum Gasteiger partial charge on any atom is -0.376 e. The van der Waals surface area contributed by atoms with Gasteiger partial charge >= 0.3 is 0 Å². The molecule has 0 bridgehead atoms. The van der Waals surface area contributed by atoms with Crippen LogP contribution in [0.2, 0.25) is 5.02 Å². The molecule has 0 aromatic carbocycles. The molecule has 0 radical (unpaired) electrons. The summed E-state index contributed by atoms with van der Waals surface area (Å²) in [5, 5.41) is 0.980. The Balaban J connectivity index is 2.94. The second-order valence-electron chi connectivity index (χ2n) is 3.02. The molecule has 76 valence electrons. The molecule has 3 nitrogen and oxygen atoms in total. The molecule has 0 fully saturated rings. The molecule has 1 heterocycles. The summed E-state index contributed by atoms with van der Waals surface area (Å²) in [5.74, 6) is 0. The molecule has 2 N–H and O–H groups in total. The van der Waals surface area contributed by atoms with Gasteiger partial charge in [-0.2, -0.15) is 0 Å². The molecule has 0 amide bonds. The molecule has 1 unspecified atom stereocenters. The topological polar surface area (TPSA) is 42.2 Å². The van der Waals surface area contributed by atoms with E-state index in [1.165, 1.54) is 0 Å². The van der Waals surface area contributed by atoms with Crippen LogP contribution in [0.3, 0.4) is 0 Å². The largest absolute Gasteiger partial charge is 0.376 e. The van der Waals surface area contributed by atoms with Gasteiger partial charge in [0.2, 0.25) is 0 Å². The zero-order chi connectivity index (χ0) is 10.7. The van der Waals surface area contributed by atoms with Gasteiger partial charge in [-0.05, 0) is 30.8 Å². The number of hydrogen-bond acceptors (Lipinski definition) is 2. The van der Waals surface area contributed by atoms with Crippen LogP contribution in [0.25, 0.3) is 0 Å². The van der Waals surface area contributed by atoms with Crippen LogP contribution >= 0.6 is 23.8 Å². The average Bonchev–Trinajstić information content (AvgIpc) is 2.16. The summed E-state index contributed by atoms with van der Waals surface area (Å²) in [7, 11) is 1.84. The first kappa shape index (κ1) is 11.2. The van der Waals surface area contributed by atoms with E-state index >= 15 is 0 Å². The van der Waals surface area contributed by atoms with Crippen LogP contribution in [-0.4, -0.2) is 22.0 Å². The zero-order valence-electron chi connectivity index (χ0n) is 8.07. The van der Waals surface area contributed by atoms with Crippen molar-refractivity contribution in [2.24, 2.45) is 5.73 Å². The lowest BCUT2D eigenvalue weighted by molar-refractivity contribution is 0.405. The van der Waals surface area contributed by atoms with Crippen molar-refractivity contribution in [2.45, 2.75) is 13.0 Å². The Kier molecular flexibility index (Phi) is 3.66. The van der Waals surface area contributed by atoms with Crippen LogP contribution in [-0.2, 0) is 0 Å². The van der Waals surface area contributed by atoms with Gasteiger partial charge in [-0.1, -0.05) is 11.6 Å². The average molecular weight is 230 g/mol. The molecule has 0 aliphatic carbocycles. The molecule has 0 aliphatic rings. The highest BCUT2D eigenvalue weighted by Gasteiger charge is 2.14. The SMILES string of the molecule is CC(c1ccncc1Cl)N(C)C(N)=S. The molecule has 1 atom stereocenters. The Bertz CT molecular complexity index is 343. The monoisotopic (exact) mass is 229 g/mol. The van der Waals surface area contributed by atoms with Crippen molar-refractivity contribution in [3.05, 3.63) is 29.0 Å². The van der Waals surface area contributed by atoms with Crippen molar-refractivity contribution in [3.8, 4) is 0 Å². The fraction of sp³-hybridized carbons (Fsp3) is 0.333. The van der Waals surface area contributed by atoms with Crippen LogP contribution in [0.1, 0.15) is 18.5 Å². The highest BCUT2D eigenvalue weighted by atomic mass is 35.5. The highest BCUT2D eigenvalue weighted by Crippen LogP contribution is 2.24. The standard InChI is InChI=1S/C9H12ClN3S/c1-6(13(2)9(11)14)7-3-4-12-5-8(7)10/h3-6H,1-2H3,(H2,11,14). The van der Waals surface area contributed by atoms with E-state index in [1.807, 2.05) is 20.0 Å². The molecule has 0 saturated carbocycles. The Morgan fingerprint density at radius 2 is 2.36 bits per heavy atom. The predicted octanol–water partition coefficient (Wildman–Crippen LogP) is 1.97. The first-order valence-corrected chi connectivity index (χ1v) is 4.94. The van der Waals surface area contributed by atoms with Gasteiger partial charge < -0.3 is 10.6 Å². The van der Waals surface area contributed by atoms with Crippen LogP contribution in [0.4, 0.5) is 0 Å². The molecule has 0 spiro atoms. The second kappa shape index (κ2) is 4.57. The maximum Gasteiger partial charge on any atom is 0.166 e. The molecule has 5 heteroatoms. The lowest BCUT2D eigenvalue weighted by Crippen LogP contribution is -2.34. The smallest absolute Gasteiger partial charge is 0.166 e. The molecule has 1 rings (SSSR count). The fourth-order valence-corrected chi connectivity index (χ4v) is 1.56. The molecule has 1 aromatic rings. The molecular formula is C9H12ClN3S. The van der Waals surface area contributed by atoms with Crippen molar-refractivity contribution in [1.29, 1.82) is 0 Å². The Labute approximate surface area is 93.9 Å². The van der Waals surface area contributed by atoms with Crippen LogP contribution < -0.4 is 5.73 Å². The van der Waals surface area contributed by atoms with Gasteiger partial charge in [0.15, 0.2) is 5.11 Å². The number of hydrogen-bond donors (Lipinski definition) is 1. The van der Waals surface area contributed by atoms with E-state index in [0.29, 0.717) is 10.1 Å². The van der Waals surface area contributed by atoms with Gasteiger partial charge in [0.25, 0.3) is 0 Å². The lowest BCUT2D eigenvalue weighted by Gasteiger charge is -2.25. The van der Waals surface area contributed by atoms with Crippen molar-refractivity contribution >= 4 is 28.9 Å². The number of nitrogens with zero attached hydrogens (tertiary/aromatic N) is 2. The molecule has 1 aromatic heterocycles. The van der Waals surface area contributed by atoms with Crippen molar-refractivity contribution < 1.29 is 0 Å². The van der Waals surface area contributed by atoms with Crippen molar-refractivity contribution in [2.75, 3.05) is 7.05 Å². The van der Waals surface area contributed by atoms with E-state index in [1.54, 1.807) is 17.3 Å². The van der Waals surface area contributed by atoms with E-state index in [9.17, 15) is 0 Å². The first-order chi connectivity index (χ1) is 6.54. The third-order valence-corrected chi connectivity index (χ3v) is 2.79. The van der Waals surface area contributed by atoms with E-state index < -0.39 is 0 Å². The number of rotatable bonds is 2. The van der Waals surface area contributed by atoms with E-state index in [0.717, 1.165) is 5.56 Å². The van der Waals surface area contributed by atoms with E-state index in [4.69, 9.17) is 29.6 Å². The summed E-state index contributed by atoms with van der Waals surface area (Å²) in [4.78, 5) is 5.71. The lowest BCUT2D eigenvalue weighted by atomic mass is 10.1. The second-order valence-corrected chi connectivity index (χ2v) is 3.85. The number of nitrogens with two attached hydrogens (primary N) is 1. The number of aromatic nitrogens is 1. The summed E-state index contributed by atoms with van der Waals surface area (Å²) in [6.07, 6.45) is 3.31. The molecule has 0 saturated heterocycles. The van der Waals surface area contributed by atoms with Crippen LogP contribution in [0.15, 0.2) is 18.5 Å². The van der Waals surface area contributed by atoms with Gasteiger partial charge in [0.1, 0.15) is 0 Å².